The number of nitrogens with one attached hydrogen (secondary N) is 1. The van der Waals surface area contributed by atoms with Crippen LogP contribution in [-0.2, 0) is 38.0 Å². The molecule has 2 amide bonds. The molecule has 4 aliphatic rings. The molecule has 9 heteroatoms. The van der Waals surface area contributed by atoms with Gasteiger partial charge in [-0.3, -0.25) is 13.9 Å². The fourth-order valence-electron chi connectivity index (χ4n) is 8.74. The molecule has 3 aromatic rings. The third kappa shape index (κ3) is 7.13. The van der Waals surface area contributed by atoms with Crippen molar-refractivity contribution in [3.8, 4) is 0 Å². The number of anilines is 1. The smallest absolute Gasteiger partial charge is 0.244 e. The van der Waals surface area contributed by atoms with Crippen LogP contribution in [0, 0.1) is 17.8 Å². The van der Waals surface area contributed by atoms with Crippen molar-refractivity contribution >= 4 is 39.1 Å². The van der Waals surface area contributed by atoms with Crippen LogP contribution in [0.15, 0.2) is 78.9 Å². The lowest BCUT2D eigenvalue weighted by Crippen LogP contribution is -2.53. The highest BCUT2D eigenvalue weighted by Gasteiger charge is 2.51. The van der Waals surface area contributed by atoms with Gasteiger partial charge in [-0.15, -0.1) is 0 Å². The first-order valence-electron chi connectivity index (χ1n) is 16.5. The average Bonchev–Trinajstić information content (AvgIpc) is 3.01. The van der Waals surface area contributed by atoms with Crippen LogP contribution < -0.4 is 9.62 Å². The van der Waals surface area contributed by atoms with E-state index in [1.165, 1.54) is 53.3 Å². The zero-order valence-electron chi connectivity index (χ0n) is 26.7. The molecule has 4 fully saturated rings. The molecule has 244 valence electrons. The molecule has 0 aliphatic heterocycles. The minimum atomic E-state index is -3.83. The van der Waals surface area contributed by atoms with Crippen LogP contribution in [0.4, 0.5) is 5.69 Å². The van der Waals surface area contributed by atoms with Crippen molar-refractivity contribution in [2.24, 2.45) is 17.8 Å². The molecule has 7 rings (SSSR count). The van der Waals surface area contributed by atoms with Gasteiger partial charge in [0.15, 0.2) is 0 Å². The van der Waals surface area contributed by atoms with Crippen LogP contribution in [0.3, 0.4) is 0 Å². The third-order valence-corrected chi connectivity index (χ3v) is 11.7. The Morgan fingerprint density at radius 3 is 2.07 bits per heavy atom. The lowest BCUT2D eigenvalue weighted by molar-refractivity contribution is -0.140. The van der Waals surface area contributed by atoms with E-state index >= 15 is 0 Å². The molecule has 4 saturated carbocycles. The van der Waals surface area contributed by atoms with Crippen LogP contribution in [0.25, 0.3) is 0 Å². The molecule has 0 unspecified atom stereocenters. The van der Waals surface area contributed by atoms with E-state index in [4.69, 9.17) is 11.6 Å². The van der Waals surface area contributed by atoms with Gasteiger partial charge in [0, 0.05) is 24.5 Å². The Labute approximate surface area is 278 Å². The summed E-state index contributed by atoms with van der Waals surface area (Å²) in [6.07, 6.45) is 9.12. The van der Waals surface area contributed by atoms with Crippen molar-refractivity contribution < 1.29 is 18.0 Å². The lowest BCUT2D eigenvalue weighted by Gasteiger charge is -2.57. The zero-order valence-corrected chi connectivity index (χ0v) is 28.3. The molecule has 1 atom stereocenters. The Kier molecular flexibility index (Phi) is 9.49. The monoisotopic (exact) mass is 661 g/mol. The molecule has 0 saturated heterocycles. The quantitative estimate of drug-likeness (QED) is 0.245. The Balaban J connectivity index is 1.30. The van der Waals surface area contributed by atoms with E-state index in [1.807, 2.05) is 55.5 Å². The maximum absolute atomic E-state index is 14.3. The highest BCUT2D eigenvalue weighted by molar-refractivity contribution is 7.92. The summed E-state index contributed by atoms with van der Waals surface area (Å²) < 4.78 is 27.7. The van der Waals surface area contributed by atoms with E-state index in [0.29, 0.717) is 17.3 Å². The molecular weight excluding hydrogens is 618 g/mol. The summed E-state index contributed by atoms with van der Waals surface area (Å²) in [5.41, 5.74) is 3.56. The normalized spacial score (nSPS) is 23.9. The number of likely N-dealkylation sites (N-methyl/N-ethyl adjacent to an activating group) is 1. The summed E-state index contributed by atoms with van der Waals surface area (Å²) in [6.45, 7) is 1.89. The fourth-order valence-corrected chi connectivity index (χ4v) is 9.80. The van der Waals surface area contributed by atoms with Crippen molar-refractivity contribution in [1.82, 2.24) is 10.2 Å². The first-order chi connectivity index (χ1) is 22.0. The van der Waals surface area contributed by atoms with Gasteiger partial charge in [0.05, 0.1) is 11.9 Å². The number of halogens is 1. The minimum Gasteiger partial charge on any atom is -0.355 e. The minimum absolute atomic E-state index is 0.0938. The summed E-state index contributed by atoms with van der Waals surface area (Å²) in [5.74, 6) is 1.64. The summed E-state index contributed by atoms with van der Waals surface area (Å²) in [7, 11) is -3.83. The molecule has 7 nitrogen and oxygen atoms in total. The number of sulfonamides is 1. The van der Waals surface area contributed by atoms with Gasteiger partial charge in [0.2, 0.25) is 21.8 Å². The van der Waals surface area contributed by atoms with Crippen molar-refractivity contribution in [2.45, 2.75) is 69.9 Å². The second-order valence-electron chi connectivity index (χ2n) is 13.8. The van der Waals surface area contributed by atoms with Gasteiger partial charge < -0.3 is 10.2 Å². The number of nitrogens with zero attached hydrogens (tertiary/aromatic N) is 2. The SMILES string of the molecule is CCNC(=O)[C@H](Cc1ccccc1)N(Cc1cccc(Cl)c1)C(=O)CN(c1ccc(C23CC4CC(CC(C4)C2)C3)cc1)S(C)(=O)=O. The predicted molar refractivity (Wildman–Crippen MR) is 183 cm³/mol. The second kappa shape index (κ2) is 13.4. The largest absolute Gasteiger partial charge is 0.355 e. The average molecular weight is 662 g/mol. The number of carbonyl (C=O) groups is 2. The first-order valence-corrected chi connectivity index (χ1v) is 18.7. The highest BCUT2D eigenvalue weighted by atomic mass is 35.5. The third-order valence-electron chi connectivity index (χ3n) is 10.3. The van der Waals surface area contributed by atoms with Gasteiger partial charge in [-0.1, -0.05) is 66.2 Å². The number of rotatable bonds is 12. The van der Waals surface area contributed by atoms with Crippen molar-refractivity contribution in [3.05, 3.63) is 101 Å². The van der Waals surface area contributed by atoms with E-state index in [1.54, 1.807) is 18.2 Å². The molecular formula is C37H44ClN3O4S. The molecule has 0 heterocycles. The second-order valence-corrected chi connectivity index (χ2v) is 16.1. The molecule has 3 aromatic carbocycles. The summed E-state index contributed by atoms with van der Waals surface area (Å²) in [6, 6.07) is 23.7. The maximum Gasteiger partial charge on any atom is 0.244 e. The molecule has 46 heavy (non-hydrogen) atoms. The van der Waals surface area contributed by atoms with Gasteiger partial charge >= 0.3 is 0 Å². The standard InChI is InChI=1S/C37H44ClN3O4S/c1-3-39-36(43)34(20-26-8-5-4-6-9-26)40(24-27-10-7-11-32(38)19-27)35(42)25-41(46(2,44)45)33-14-12-31(13-15-33)37-21-28-16-29(22-37)18-30(17-28)23-37/h4-15,19,28-30,34H,3,16-18,20-25H2,1-2H3,(H,39,43)/t28?,29?,30?,34-,37?/m0/s1. The van der Waals surface area contributed by atoms with Gasteiger partial charge in [-0.25, -0.2) is 8.42 Å². The maximum atomic E-state index is 14.3. The fraction of sp³-hybridized carbons (Fsp3) is 0.459. The topological polar surface area (TPSA) is 86.8 Å². The Morgan fingerprint density at radius 1 is 0.891 bits per heavy atom. The van der Waals surface area contributed by atoms with Gasteiger partial charge in [0.25, 0.3) is 0 Å². The Bertz CT molecular complexity index is 1630. The van der Waals surface area contributed by atoms with Gasteiger partial charge in [0.1, 0.15) is 12.6 Å². The summed E-state index contributed by atoms with van der Waals surface area (Å²) in [4.78, 5) is 29.3. The first kappa shape index (κ1) is 32.6. The Hall–Kier alpha value is -3.36. The van der Waals surface area contributed by atoms with Crippen LogP contribution in [0.2, 0.25) is 5.02 Å². The summed E-state index contributed by atoms with van der Waals surface area (Å²) in [5, 5.41) is 3.40. The van der Waals surface area contributed by atoms with Crippen molar-refractivity contribution in [3.63, 3.8) is 0 Å². The molecule has 4 bridgehead atoms. The number of amides is 2. The molecule has 0 radical (unpaired) electrons. The summed E-state index contributed by atoms with van der Waals surface area (Å²) >= 11 is 6.29. The lowest BCUT2D eigenvalue weighted by atomic mass is 9.48. The zero-order chi connectivity index (χ0) is 32.5. The molecule has 0 aromatic heterocycles. The van der Waals surface area contributed by atoms with Gasteiger partial charge in [-0.05, 0) is 110 Å². The van der Waals surface area contributed by atoms with E-state index in [2.05, 4.69) is 17.4 Å². The van der Waals surface area contributed by atoms with E-state index in [0.717, 1.165) is 35.1 Å². The van der Waals surface area contributed by atoms with E-state index < -0.39 is 28.5 Å². The van der Waals surface area contributed by atoms with Crippen molar-refractivity contribution in [1.29, 1.82) is 0 Å². The number of hydrogen-bond donors (Lipinski definition) is 1. The van der Waals surface area contributed by atoms with Gasteiger partial charge in [-0.2, -0.15) is 0 Å². The number of benzene rings is 3. The van der Waals surface area contributed by atoms with E-state index in [9.17, 15) is 18.0 Å². The number of hydrogen-bond acceptors (Lipinski definition) is 4. The van der Waals surface area contributed by atoms with Crippen LogP contribution in [0.5, 0.6) is 0 Å². The Morgan fingerprint density at radius 2 is 1.50 bits per heavy atom. The molecule has 1 N–H and O–H groups in total. The van der Waals surface area contributed by atoms with Crippen LogP contribution in [0.1, 0.15) is 62.1 Å². The molecule has 0 spiro atoms. The van der Waals surface area contributed by atoms with E-state index in [-0.39, 0.29) is 24.3 Å². The van der Waals surface area contributed by atoms with Crippen LogP contribution in [-0.4, -0.2) is 50.5 Å². The van der Waals surface area contributed by atoms with Crippen molar-refractivity contribution in [2.75, 3.05) is 23.7 Å². The number of carbonyl (C=O) groups excluding carboxylic acids is 2. The molecule has 4 aliphatic carbocycles. The van der Waals surface area contributed by atoms with Crippen LogP contribution >= 0.6 is 11.6 Å². The predicted octanol–water partition coefficient (Wildman–Crippen LogP) is 6.35. The highest BCUT2D eigenvalue weighted by Crippen LogP contribution is 2.60.